The number of amides is 1. The Morgan fingerprint density at radius 3 is 2.55 bits per heavy atom. The van der Waals surface area contributed by atoms with Crippen LogP contribution in [0.2, 0.25) is 0 Å². The molecular formula is C25H20N6O2. The highest BCUT2D eigenvalue weighted by Crippen LogP contribution is 2.24. The molecule has 8 heteroatoms. The molecule has 0 saturated carbocycles. The first-order valence-electron chi connectivity index (χ1n) is 10.3. The monoisotopic (exact) mass is 436 g/mol. The van der Waals surface area contributed by atoms with Gasteiger partial charge in [-0.1, -0.05) is 48.5 Å². The normalized spacial score (nSPS) is 11.2. The lowest BCUT2D eigenvalue weighted by molar-refractivity contribution is 0.0955. The Morgan fingerprint density at radius 2 is 1.82 bits per heavy atom. The van der Waals surface area contributed by atoms with E-state index in [1.165, 1.54) is 6.21 Å². The summed E-state index contributed by atoms with van der Waals surface area (Å²) in [6.45, 7) is 1.87. The highest BCUT2D eigenvalue weighted by Gasteiger charge is 2.18. The van der Waals surface area contributed by atoms with E-state index in [9.17, 15) is 4.79 Å². The molecule has 1 amide bonds. The van der Waals surface area contributed by atoms with Crippen molar-refractivity contribution in [1.29, 1.82) is 0 Å². The molecule has 0 aliphatic rings. The lowest BCUT2D eigenvalue weighted by Gasteiger charge is -2.01. The van der Waals surface area contributed by atoms with Crippen molar-refractivity contribution in [2.45, 2.75) is 6.92 Å². The summed E-state index contributed by atoms with van der Waals surface area (Å²) in [6.07, 6.45) is 4.85. The zero-order chi connectivity index (χ0) is 22.6. The SMILES string of the molecule is Cc1ccc(-c2[nH]ncc2/C=N/NC(=O)c2cn(-c3ccccc3)nc2-c2ccccc2)o1. The Bertz CT molecular complexity index is 1410. The third-order valence-electron chi connectivity index (χ3n) is 5.05. The maximum atomic E-state index is 13.1. The molecule has 0 radical (unpaired) electrons. The van der Waals surface area contributed by atoms with Gasteiger partial charge in [0.15, 0.2) is 5.76 Å². The van der Waals surface area contributed by atoms with Crippen LogP contribution >= 0.6 is 0 Å². The molecule has 0 unspecified atom stereocenters. The highest BCUT2D eigenvalue weighted by atomic mass is 16.3. The number of carbonyl (C=O) groups excluding carboxylic acids is 1. The number of hydrogen-bond donors (Lipinski definition) is 2. The van der Waals surface area contributed by atoms with Crippen molar-refractivity contribution in [3.05, 3.63) is 102 Å². The van der Waals surface area contributed by atoms with E-state index >= 15 is 0 Å². The summed E-state index contributed by atoms with van der Waals surface area (Å²) in [7, 11) is 0. The molecule has 0 spiro atoms. The first kappa shape index (κ1) is 20.2. The number of nitrogens with one attached hydrogen (secondary N) is 2. The molecule has 2 N–H and O–H groups in total. The van der Waals surface area contributed by atoms with Gasteiger partial charge in [0.25, 0.3) is 5.91 Å². The number of H-pyrrole nitrogens is 1. The molecule has 162 valence electrons. The fraction of sp³-hybridized carbons (Fsp3) is 0.0400. The van der Waals surface area contributed by atoms with Gasteiger partial charge >= 0.3 is 0 Å². The summed E-state index contributed by atoms with van der Waals surface area (Å²) in [4.78, 5) is 13.1. The average molecular weight is 436 g/mol. The molecule has 0 bridgehead atoms. The Morgan fingerprint density at radius 1 is 1.06 bits per heavy atom. The lowest BCUT2D eigenvalue weighted by Crippen LogP contribution is -2.18. The van der Waals surface area contributed by atoms with Crippen molar-refractivity contribution in [2.24, 2.45) is 5.10 Å². The van der Waals surface area contributed by atoms with Gasteiger partial charge in [-0.2, -0.15) is 15.3 Å². The van der Waals surface area contributed by atoms with Crippen LogP contribution in [0, 0.1) is 6.92 Å². The van der Waals surface area contributed by atoms with Gasteiger partial charge in [-0.25, -0.2) is 10.1 Å². The van der Waals surface area contributed by atoms with Crippen molar-refractivity contribution in [1.82, 2.24) is 25.4 Å². The molecule has 0 fully saturated rings. The second-order valence-electron chi connectivity index (χ2n) is 7.35. The van der Waals surface area contributed by atoms with Gasteiger partial charge in [0, 0.05) is 17.3 Å². The molecule has 2 aromatic carbocycles. The summed E-state index contributed by atoms with van der Waals surface area (Å²) in [5.41, 5.74) is 6.65. The van der Waals surface area contributed by atoms with Crippen LogP contribution in [-0.2, 0) is 0 Å². The van der Waals surface area contributed by atoms with Crippen molar-refractivity contribution in [3.63, 3.8) is 0 Å². The van der Waals surface area contributed by atoms with Crippen LogP contribution in [0.25, 0.3) is 28.4 Å². The summed E-state index contributed by atoms with van der Waals surface area (Å²) < 4.78 is 7.33. The molecule has 3 aromatic heterocycles. The van der Waals surface area contributed by atoms with Crippen LogP contribution in [0.5, 0.6) is 0 Å². The highest BCUT2D eigenvalue weighted by molar-refractivity contribution is 6.00. The van der Waals surface area contributed by atoms with Gasteiger partial charge in [0.05, 0.1) is 23.7 Å². The fourth-order valence-corrected chi connectivity index (χ4v) is 3.44. The molecule has 0 aliphatic carbocycles. The van der Waals surface area contributed by atoms with E-state index in [0.717, 1.165) is 17.0 Å². The summed E-state index contributed by atoms with van der Waals surface area (Å²) in [6, 6.07) is 22.9. The molecule has 8 nitrogen and oxygen atoms in total. The van der Waals surface area contributed by atoms with E-state index in [1.807, 2.05) is 79.7 Å². The third-order valence-corrected chi connectivity index (χ3v) is 5.05. The Kier molecular flexibility index (Phi) is 5.38. The predicted octanol–water partition coefficient (Wildman–Crippen LogP) is 4.59. The Hall–Kier alpha value is -4.72. The number of hydrazone groups is 1. The molecule has 3 heterocycles. The van der Waals surface area contributed by atoms with Gasteiger partial charge in [0.2, 0.25) is 0 Å². The third kappa shape index (κ3) is 4.22. The van der Waals surface area contributed by atoms with Crippen LogP contribution in [-0.4, -0.2) is 32.1 Å². The standard InChI is InChI=1S/C25H20N6O2/c1-17-12-13-22(33-17)24-19(14-26-28-24)15-27-29-25(32)21-16-31(20-10-6-3-7-11-20)30-23(21)18-8-4-2-5-9-18/h2-16H,1H3,(H,26,28)(H,29,32)/b27-15+. The lowest BCUT2D eigenvalue weighted by atomic mass is 10.1. The zero-order valence-corrected chi connectivity index (χ0v) is 17.8. The van der Waals surface area contributed by atoms with E-state index in [0.29, 0.717) is 28.3 Å². The van der Waals surface area contributed by atoms with Gasteiger partial charge in [0.1, 0.15) is 17.1 Å². The minimum absolute atomic E-state index is 0.369. The summed E-state index contributed by atoms with van der Waals surface area (Å²) >= 11 is 0. The maximum absolute atomic E-state index is 13.1. The number of aryl methyl sites for hydroxylation is 1. The maximum Gasteiger partial charge on any atom is 0.275 e. The largest absolute Gasteiger partial charge is 0.460 e. The second-order valence-corrected chi connectivity index (χ2v) is 7.35. The number of hydrogen-bond acceptors (Lipinski definition) is 5. The second kappa shape index (κ2) is 8.80. The zero-order valence-electron chi connectivity index (χ0n) is 17.8. The van der Waals surface area contributed by atoms with Gasteiger partial charge in [-0.05, 0) is 31.2 Å². The molecule has 0 saturated heterocycles. The number of para-hydroxylation sites is 1. The Balaban J connectivity index is 1.42. The first-order valence-corrected chi connectivity index (χ1v) is 10.3. The number of carbonyl (C=O) groups is 1. The minimum atomic E-state index is -0.369. The van der Waals surface area contributed by atoms with Gasteiger partial charge in [-0.3, -0.25) is 9.89 Å². The summed E-state index contributed by atoms with van der Waals surface area (Å²) in [5.74, 6) is 1.07. The van der Waals surface area contributed by atoms with E-state index in [-0.39, 0.29) is 5.91 Å². The first-order chi connectivity index (χ1) is 16.2. The number of rotatable bonds is 6. The van der Waals surface area contributed by atoms with Crippen LogP contribution in [0.15, 0.2) is 94.7 Å². The van der Waals surface area contributed by atoms with E-state index < -0.39 is 0 Å². The van der Waals surface area contributed by atoms with E-state index in [4.69, 9.17) is 4.42 Å². The smallest absolute Gasteiger partial charge is 0.275 e. The molecule has 5 rings (SSSR count). The number of furan rings is 1. The molecule has 33 heavy (non-hydrogen) atoms. The van der Waals surface area contributed by atoms with Crippen LogP contribution in [0.4, 0.5) is 0 Å². The van der Waals surface area contributed by atoms with E-state index in [2.05, 4.69) is 25.8 Å². The average Bonchev–Trinajstić information content (AvgIpc) is 3.60. The van der Waals surface area contributed by atoms with Crippen LogP contribution in [0.1, 0.15) is 21.7 Å². The topological polar surface area (TPSA) is 101 Å². The number of aromatic nitrogens is 4. The van der Waals surface area contributed by atoms with Crippen LogP contribution in [0.3, 0.4) is 0 Å². The van der Waals surface area contributed by atoms with Gasteiger partial charge < -0.3 is 4.42 Å². The number of benzene rings is 2. The molecule has 0 atom stereocenters. The quantitative estimate of drug-likeness (QED) is 0.300. The minimum Gasteiger partial charge on any atom is -0.460 e. The molecule has 0 aliphatic heterocycles. The van der Waals surface area contributed by atoms with Crippen molar-refractivity contribution in [3.8, 4) is 28.4 Å². The predicted molar refractivity (Wildman–Crippen MR) is 125 cm³/mol. The number of nitrogens with zero attached hydrogens (tertiary/aromatic N) is 4. The summed E-state index contributed by atoms with van der Waals surface area (Å²) in [5, 5.41) is 15.7. The van der Waals surface area contributed by atoms with Gasteiger partial charge in [-0.15, -0.1) is 0 Å². The Labute approximate surface area is 189 Å². The van der Waals surface area contributed by atoms with Crippen molar-refractivity contribution < 1.29 is 9.21 Å². The van der Waals surface area contributed by atoms with Crippen LogP contribution < -0.4 is 5.43 Å². The fourth-order valence-electron chi connectivity index (χ4n) is 3.44. The number of aromatic amines is 1. The molecule has 5 aromatic rings. The molecular weight excluding hydrogens is 416 g/mol. The van der Waals surface area contributed by atoms with E-state index in [1.54, 1.807) is 17.1 Å². The van der Waals surface area contributed by atoms with Crippen molar-refractivity contribution in [2.75, 3.05) is 0 Å². The van der Waals surface area contributed by atoms with Crippen molar-refractivity contribution >= 4 is 12.1 Å².